The average Bonchev–Trinajstić information content (AvgIpc) is 2.79. The van der Waals surface area contributed by atoms with Crippen molar-refractivity contribution < 1.29 is 23.0 Å². The van der Waals surface area contributed by atoms with E-state index in [1.54, 1.807) is 0 Å². The Morgan fingerprint density at radius 2 is 1.50 bits per heavy atom. The van der Waals surface area contributed by atoms with Crippen LogP contribution in [0.25, 0.3) is 0 Å². The highest BCUT2D eigenvalue weighted by atomic mass is 19.2. The SMILES string of the molecule is CCC.CCCCCc1ccc(COC(C)OCC(C)C2=C(F)C(F)=C(OC)CC2)cc1. The molecule has 2 unspecified atom stereocenters. The number of hydrogen-bond acceptors (Lipinski definition) is 3. The van der Waals surface area contributed by atoms with Crippen LogP contribution in [0.3, 0.4) is 0 Å². The zero-order chi connectivity index (χ0) is 23.9. The Kier molecular flexibility index (Phi) is 14.1. The molecular formula is C27H42F2O3. The van der Waals surface area contributed by atoms with Crippen molar-refractivity contribution in [3.63, 3.8) is 0 Å². The normalized spacial score (nSPS) is 15.9. The van der Waals surface area contributed by atoms with Crippen LogP contribution in [0.5, 0.6) is 0 Å². The van der Waals surface area contributed by atoms with Crippen molar-refractivity contribution in [1.29, 1.82) is 0 Å². The van der Waals surface area contributed by atoms with Gasteiger partial charge in [-0.05, 0) is 42.9 Å². The van der Waals surface area contributed by atoms with E-state index in [9.17, 15) is 8.78 Å². The van der Waals surface area contributed by atoms with Crippen molar-refractivity contribution in [3.8, 4) is 0 Å². The van der Waals surface area contributed by atoms with E-state index in [2.05, 4.69) is 45.0 Å². The lowest BCUT2D eigenvalue weighted by molar-refractivity contribution is -0.142. The lowest BCUT2D eigenvalue weighted by Gasteiger charge is -2.23. The lowest BCUT2D eigenvalue weighted by Crippen LogP contribution is -2.20. The Morgan fingerprint density at radius 1 is 0.875 bits per heavy atom. The van der Waals surface area contributed by atoms with Crippen molar-refractivity contribution in [2.75, 3.05) is 13.7 Å². The minimum absolute atomic E-state index is 0.0763. The molecule has 0 amide bonds. The van der Waals surface area contributed by atoms with E-state index >= 15 is 0 Å². The molecule has 1 aliphatic rings. The molecule has 182 valence electrons. The molecule has 0 fully saturated rings. The third kappa shape index (κ3) is 9.83. The second-order valence-electron chi connectivity index (χ2n) is 8.37. The van der Waals surface area contributed by atoms with Crippen LogP contribution in [0.1, 0.15) is 84.3 Å². The van der Waals surface area contributed by atoms with Gasteiger partial charge in [-0.25, -0.2) is 8.78 Å². The highest BCUT2D eigenvalue weighted by molar-refractivity contribution is 5.33. The van der Waals surface area contributed by atoms with Crippen LogP contribution < -0.4 is 0 Å². The highest BCUT2D eigenvalue weighted by Gasteiger charge is 2.26. The van der Waals surface area contributed by atoms with Crippen LogP contribution in [0, 0.1) is 5.92 Å². The van der Waals surface area contributed by atoms with Crippen LogP contribution in [0.2, 0.25) is 0 Å². The van der Waals surface area contributed by atoms with Crippen molar-refractivity contribution in [3.05, 3.63) is 58.4 Å². The summed E-state index contributed by atoms with van der Waals surface area (Å²) >= 11 is 0. The Balaban J connectivity index is 0.00000161. The summed E-state index contributed by atoms with van der Waals surface area (Å²) in [6, 6.07) is 8.47. The zero-order valence-corrected chi connectivity index (χ0v) is 20.8. The number of benzene rings is 1. The van der Waals surface area contributed by atoms with Crippen molar-refractivity contribution in [2.24, 2.45) is 5.92 Å². The summed E-state index contributed by atoms with van der Waals surface area (Å²) in [5.41, 5.74) is 2.88. The van der Waals surface area contributed by atoms with Crippen LogP contribution in [0.15, 0.2) is 47.3 Å². The van der Waals surface area contributed by atoms with E-state index in [-0.39, 0.29) is 18.3 Å². The van der Waals surface area contributed by atoms with E-state index in [0.717, 1.165) is 12.0 Å². The molecule has 0 N–H and O–H groups in total. The van der Waals surface area contributed by atoms with Crippen molar-refractivity contribution in [2.45, 2.75) is 92.5 Å². The van der Waals surface area contributed by atoms with Gasteiger partial charge in [-0.15, -0.1) is 0 Å². The number of ether oxygens (including phenoxy) is 3. The summed E-state index contributed by atoms with van der Waals surface area (Å²) in [4.78, 5) is 0. The van der Waals surface area contributed by atoms with Gasteiger partial charge in [0.25, 0.3) is 0 Å². The first kappa shape index (κ1) is 28.3. The summed E-state index contributed by atoms with van der Waals surface area (Å²) in [5.74, 6) is -1.85. The molecule has 0 bridgehead atoms. The Morgan fingerprint density at radius 3 is 2.09 bits per heavy atom. The van der Waals surface area contributed by atoms with Gasteiger partial charge in [0.05, 0.1) is 20.3 Å². The molecular weight excluding hydrogens is 410 g/mol. The molecule has 1 aliphatic carbocycles. The molecule has 32 heavy (non-hydrogen) atoms. The molecule has 5 heteroatoms. The van der Waals surface area contributed by atoms with Gasteiger partial charge in [0, 0.05) is 12.3 Å². The number of rotatable bonds is 12. The topological polar surface area (TPSA) is 27.7 Å². The minimum Gasteiger partial charge on any atom is -0.498 e. The number of aryl methyl sites for hydroxylation is 1. The summed E-state index contributed by atoms with van der Waals surface area (Å²) in [5, 5.41) is 0. The fourth-order valence-corrected chi connectivity index (χ4v) is 3.41. The van der Waals surface area contributed by atoms with Gasteiger partial charge in [0.2, 0.25) is 0 Å². The summed E-state index contributed by atoms with van der Waals surface area (Å²) in [6.07, 6.45) is 6.45. The Bertz CT molecular complexity index is 710. The molecule has 2 rings (SSSR count). The average molecular weight is 453 g/mol. The monoisotopic (exact) mass is 452 g/mol. The largest absolute Gasteiger partial charge is 0.498 e. The van der Waals surface area contributed by atoms with Gasteiger partial charge < -0.3 is 14.2 Å². The molecule has 3 nitrogen and oxygen atoms in total. The lowest BCUT2D eigenvalue weighted by atomic mass is 9.92. The van der Waals surface area contributed by atoms with E-state index in [1.165, 1.54) is 38.4 Å². The van der Waals surface area contributed by atoms with Gasteiger partial charge in [-0.1, -0.05) is 71.2 Å². The maximum absolute atomic E-state index is 14.2. The third-order valence-corrected chi connectivity index (χ3v) is 5.34. The van der Waals surface area contributed by atoms with Gasteiger partial charge >= 0.3 is 0 Å². The molecule has 2 atom stereocenters. The Labute approximate surface area is 193 Å². The summed E-state index contributed by atoms with van der Waals surface area (Å²) in [6.45, 7) is 10.8. The second-order valence-corrected chi connectivity index (χ2v) is 8.37. The van der Waals surface area contributed by atoms with E-state index in [1.807, 2.05) is 13.8 Å². The van der Waals surface area contributed by atoms with Crippen LogP contribution in [0.4, 0.5) is 8.78 Å². The molecule has 0 heterocycles. The van der Waals surface area contributed by atoms with E-state index in [4.69, 9.17) is 14.2 Å². The predicted molar refractivity (Wildman–Crippen MR) is 128 cm³/mol. The highest BCUT2D eigenvalue weighted by Crippen LogP contribution is 2.36. The molecule has 1 aromatic rings. The zero-order valence-electron chi connectivity index (χ0n) is 20.8. The second kappa shape index (κ2) is 16.0. The van der Waals surface area contributed by atoms with Crippen LogP contribution in [-0.2, 0) is 27.2 Å². The first-order chi connectivity index (χ1) is 15.4. The first-order valence-electron chi connectivity index (χ1n) is 12.0. The maximum Gasteiger partial charge on any atom is 0.196 e. The minimum atomic E-state index is -0.886. The number of allylic oxidation sites excluding steroid dienone is 3. The smallest absolute Gasteiger partial charge is 0.196 e. The fraction of sp³-hybridized carbons (Fsp3) is 0.630. The van der Waals surface area contributed by atoms with E-state index in [0.29, 0.717) is 25.0 Å². The fourth-order valence-electron chi connectivity index (χ4n) is 3.41. The van der Waals surface area contributed by atoms with Gasteiger partial charge in [0.15, 0.2) is 17.9 Å². The van der Waals surface area contributed by atoms with Gasteiger partial charge in [0.1, 0.15) is 5.76 Å². The number of hydrogen-bond donors (Lipinski definition) is 0. The number of unbranched alkanes of at least 4 members (excludes halogenated alkanes) is 2. The molecule has 0 aliphatic heterocycles. The quantitative estimate of drug-likeness (QED) is 0.236. The van der Waals surface area contributed by atoms with E-state index < -0.39 is 17.9 Å². The van der Waals surface area contributed by atoms with Crippen molar-refractivity contribution >= 4 is 0 Å². The molecule has 0 aromatic heterocycles. The first-order valence-corrected chi connectivity index (χ1v) is 12.0. The van der Waals surface area contributed by atoms with Crippen LogP contribution >= 0.6 is 0 Å². The molecule has 1 aromatic carbocycles. The standard InChI is InChI=1S/C24H34F2O3.C3H8/c1-5-6-7-8-19-9-11-20(12-10-19)16-29-18(3)28-15-17(2)21-13-14-22(27-4)24(26)23(21)25;1-3-2/h9-12,17-18H,5-8,13-16H2,1-4H3;3H2,1-2H3. The predicted octanol–water partition coefficient (Wildman–Crippen LogP) is 8.20. The molecule has 0 radical (unpaired) electrons. The molecule has 0 saturated carbocycles. The Hall–Kier alpha value is -1.72. The third-order valence-electron chi connectivity index (χ3n) is 5.34. The van der Waals surface area contributed by atoms with Gasteiger partial charge in [-0.3, -0.25) is 0 Å². The molecule has 0 spiro atoms. The van der Waals surface area contributed by atoms with Gasteiger partial charge in [-0.2, -0.15) is 0 Å². The summed E-state index contributed by atoms with van der Waals surface area (Å²) in [7, 11) is 1.36. The number of methoxy groups -OCH3 is 1. The van der Waals surface area contributed by atoms with Crippen LogP contribution in [-0.4, -0.2) is 20.0 Å². The maximum atomic E-state index is 14.2. The summed E-state index contributed by atoms with van der Waals surface area (Å²) < 4.78 is 44.5. The number of halogens is 2. The van der Waals surface area contributed by atoms with Crippen molar-refractivity contribution in [1.82, 2.24) is 0 Å². The molecule has 0 saturated heterocycles.